The van der Waals surface area contributed by atoms with E-state index in [0.29, 0.717) is 13.0 Å². The van der Waals surface area contributed by atoms with Crippen molar-refractivity contribution in [3.05, 3.63) is 34.3 Å². The second kappa shape index (κ2) is 7.79. The van der Waals surface area contributed by atoms with Crippen LogP contribution in [-0.4, -0.2) is 30.6 Å². The molecule has 1 atom stereocenters. The van der Waals surface area contributed by atoms with Crippen molar-refractivity contribution in [1.29, 1.82) is 0 Å². The van der Waals surface area contributed by atoms with Gasteiger partial charge in [0.1, 0.15) is 0 Å². The molecule has 0 amide bonds. The highest BCUT2D eigenvalue weighted by Gasteiger charge is 2.26. The molecule has 110 valence electrons. The van der Waals surface area contributed by atoms with Crippen molar-refractivity contribution in [1.82, 2.24) is 4.90 Å². The molecule has 0 N–H and O–H groups in total. The third-order valence-corrected chi connectivity index (χ3v) is 4.48. The molecule has 1 aliphatic heterocycles. The van der Waals surface area contributed by atoms with E-state index in [1.54, 1.807) is 0 Å². The van der Waals surface area contributed by atoms with Gasteiger partial charge in [-0.05, 0) is 44.5 Å². The lowest BCUT2D eigenvalue weighted by molar-refractivity contribution is -0.144. The molecule has 1 heterocycles. The largest absolute Gasteiger partial charge is 0.466 e. The Kier molecular flexibility index (Phi) is 6.05. The van der Waals surface area contributed by atoms with Crippen molar-refractivity contribution in [3.8, 4) is 0 Å². The van der Waals surface area contributed by atoms with Gasteiger partial charge in [0.2, 0.25) is 0 Å². The van der Waals surface area contributed by atoms with Crippen LogP contribution < -0.4 is 0 Å². The summed E-state index contributed by atoms with van der Waals surface area (Å²) in [5, 5.41) is 0. The summed E-state index contributed by atoms with van der Waals surface area (Å²) in [6.45, 7) is 4.42. The van der Waals surface area contributed by atoms with E-state index in [9.17, 15) is 4.79 Å². The summed E-state index contributed by atoms with van der Waals surface area (Å²) in [4.78, 5) is 14.3. The lowest BCUT2D eigenvalue weighted by Gasteiger charge is -2.34. The Morgan fingerprint density at radius 3 is 2.65 bits per heavy atom. The molecule has 0 spiro atoms. The maximum absolute atomic E-state index is 11.9. The molecule has 1 saturated heterocycles. The first-order valence-electron chi connectivity index (χ1n) is 7.36. The molecule has 0 radical (unpaired) electrons. The summed E-state index contributed by atoms with van der Waals surface area (Å²) in [5.41, 5.74) is 1.18. The Labute approximate surface area is 129 Å². The monoisotopic (exact) mass is 339 g/mol. The predicted octanol–water partition coefficient (Wildman–Crippen LogP) is 3.93. The summed E-state index contributed by atoms with van der Waals surface area (Å²) in [6, 6.07) is 8.29. The molecule has 0 bridgehead atoms. The number of hydrogen-bond acceptors (Lipinski definition) is 3. The Balaban J connectivity index is 2.19. The summed E-state index contributed by atoms with van der Waals surface area (Å²) >= 11 is 3.61. The molecule has 1 aromatic rings. The quantitative estimate of drug-likeness (QED) is 0.761. The van der Waals surface area contributed by atoms with Crippen LogP contribution in [0.2, 0.25) is 0 Å². The fourth-order valence-electron chi connectivity index (χ4n) is 2.79. The highest BCUT2D eigenvalue weighted by Crippen LogP contribution is 2.32. The fourth-order valence-corrected chi connectivity index (χ4v) is 3.34. The lowest BCUT2D eigenvalue weighted by Crippen LogP contribution is -2.35. The van der Waals surface area contributed by atoms with Gasteiger partial charge in [-0.15, -0.1) is 0 Å². The minimum atomic E-state index is -0.112. The van der Waals surface area contributed by atoms with E-state index in [4.69, 9.17) is 4.74 Å². The van der Waals surface area contributed by atoms with Gasteiger partial charge in [0.25, 0.3) is 0 Å². The molecule has 1 aliphatic rings. The Morgan fingerprint density at radius 1 is 1.30 bits per heavy atom. The number of halogens is 1. The standard InChI is InChI=1S/C16H22BrNO2/c1-2-20-16(19)12-15(18-10-6-3-7-11-18)13-8-4-5-9-14(13)17/h4-5,8-9,15H,2-3,6-7,10-12H2,1H3. The minimum absolute atomic E-state index is 0.112. The molecule has 2 rings (SSSR count). The van der Waals surface area contributed by atoms with Crippen LogP contribution in [0.4, 0.5) is 0 Å². The molecule has 1 unspecified atom stereocenters. The molecule has 0 aliphatic carbocycles. The Hall–Kier alpha value is -0.870. The maximum Gasteiger partial charge on any atom is 0.307 e. The van der Waals surface area contributed by atoms with E-state index in [2.05, 4.69) is 26.9 Å². The highest BCUT2D eigenvalue weighted by atomic mass is 79.9. The van der Waals surface area contributed by atoms with Gasteiger partial charge >= 0.3 is 5.97 Å². The number of nitrogens with zero attached hydrogens (tertiary/aromatic N) is 1. The van der Waals surface area contributed by atoms with E-state index in [0.717, 1.165) is 17.6 Å². The molecule has 1 fully saturated rings. The molecule has 20 heavy (non-hydrogen) atoms. The van der Waals surface area contributed by atoms with Crippen molar-refractivity contribution in [2.75, 3.05) is 19.7 Å². The Bertz CT molecular complexity index is 444. The number of rotatable bonds is 5. The van der Waals surface area contributed by atoms with Gasteiger partial charge in [0, 0.05) is 10.5 Å². The van der Waals surface area contributed by atoms with Gasteiger partial charge in [-0.25, -0.2) is 0 Å². The molecular weight excluding hydrogens is 318 g/mol. The van der Waals surface area contributed by atoms with Crippen LogP contribution in [0, 0.1) is 0 Å². The molecule has 4 heteroatoms. The van der Waals surface area contributed by atoms with E-state index >= 15 is 0 Å². The third-order valence-electron chi connectivity index (χ3n) is 3.76. The lowest BCUT2D eigenvalue weighted by atomic mass is 9.99. The number of likely N-dealkylation sites (tertiary alicyclic amines) is 1. The van der Waals surface area contributed by atoms with Crippen LogP contribution >= 0.6 is 15.9 Å². The van der Waals surface area contributed by atoms with Gasteiger partial charge in [-0.1, -0.05) is 40.5 Å². The smallest absolute Gasteiger partial charge is 0.307 e. The molecule has 1 aromatic carbocycles. The van der Waals surface area contributed by atoms with Gasteiger partial charge in [0.05, 0.1) is 13.0 Å². The average Bonchev–Trinajstić information content (AvgIpc) is 2.47. The van der Waals surface area contributed by atoms with E-state index in [1.165, 1.54) is 24.8 Å². The van der Waals surface area contributed by atoms with E-state index in [-0.39, 0.29) is 12.0 Å². The zero-order valence-corrected chi connectivity index (χ0v) is 13.6. The number of benzene rings is 1. The van der Waals surface area contributed by atoms with Gasteiger partial charge < -0.3 is 4.74 Å². The van der Waals surface area contributed by atoms with Crippen molar-refractivity contribution < 1.29 is 9.53 Å². The second-order valence-electron chi connectivity index (χ2n) is 5.14. The number of hydrogen-bond donors (Lipinski definition) is 0. The van der Waals surface area contributed by atoms with Crippen LogP contribution in [0.3, 0.4) is 0 Å². The molecule has 0 aromatic heterocycles. The van der Waals surface area contributed by atoms with Gasteiger partial charge in [0.15, 0.2) is 0 Å². The summed E-state index contributed by atoms with van der Waals surface area (Å²) in [6.07, 6.45) is 4.14. The average molecular weight is 340 g/mol. The van der Waals surface area contributed by atoms with Crippen molar-refractivity contribution in [3.63, 3.8) is 0 Å². The first-order chi connectivity index (χ1) is 9.72. The fraction of sp³-hybridized carbons (Fsp3) is 0.562. The number of piperidine rings is 1. The number of carbonyl (C=O) groups is 1. The normalized spacial score (nSPS) is 17.7. The van der Waals surface area contributed by atoms with E-state index in [1.807, 2.05) is 25.1 Å². The number of ether oxygens (including phenoxy) is 1. The van der Waals surface area contributed by atoms with Gasteiger partial charge in [-0.2, -0.15) is 0 Å². The van der Waals surface area contributed by atoms with Crippen LogP contribution in [0.15, 0.2) is 28.7 Å². The highest BCUT2D eigenvalue weighted by molar-refractivity contribution is 9.10. The van der Waals surface area contributed by atoms with Crippen LogP contribution in [0.1, 0.15) is 44.2 Å². The summed E-state index contributed by atoms with van der Waals surface area (Å²) < 4.78 is 6.21. The molecule has 3 nitrogen and oxygen atoms in total. The van der Waals surface area contributed by atoms with E-state index < -0.39 is 0 Å². The van der Waals surface area contributed by atoms with Crippen LogP contribution in [0.5, 0.6) is 0 Å². The zero-order chi connectivity index (χ0) is 14.4. The zero-order valence-electron chi connectivity index (χ0n) is 12.0. The predicted molar refractivity (Wildman–Crippen MR) is 83.6 cm³/mol. The van der Waals surface area contributed by atoms with Crippen molar-refractivity contribution in [2.24, 2.45) is 0 Å². The summed E-state index contributed by atoms with van der Waals surface area (Å²) in [5.74, 6) is -0.112. The van der Waals surface area contributed by atoms with Gasteiger partial charge in [-0.3, -0.25) is 9.69 Å². The third kappa shape index (κ3) is 4.06. The first kappa shape index (κ1) is 15.5. The van der Waals surface area contributed by atoms with Crippen LogP contribution in [-0.2, 0) is 9.53 Å². The Morgan fingerprint density at radius 2 is 2.00 bits per heavy atom. The second-order valence-corrected chi connectivity index (χ2v) is 6.00. The SMILES string of the molecule is CCOC(=O)CC(c1ccccc1Br)N1CCCCC1. The van der Waals surface area contributed by atoms with Crippen molar-refractivity contribution >= 4 is 21.9 Å². The van der Waals surface area contributed by atoms with Crippen molar-refractivity contribution in [2.45, 2.75) is 38.6 Å². The topological polar surface area (TPSA) is 29.5 Å². The number of carbonyl (C=O) groups excluding carboxylic acids is 1. The molecular formula is C16H22BrNO2. The summed E-state index contributed by atoms with van der Waals surface area (Å²) in [7, 11) is 0. The minimum Gasteiger partial charge on any atom is -0.466 e. The number of esters is 1. The molecule has 0 saturated carbocycles. The van der Waals surface area contributed by atoms with Crippen LogP contribution in [0.25, 0.3) is 0 Å². The first-order valence-corrected chi connectivity index (χ1v) is 8.15. The maximum atomic E-state index is 11.9.